The zero-order valence-electron chi connectivity index (χ0n) is 12.2. The Morgan fingerprint density at radius 3 is 2.74 bits per heavy atom. The summed E-state index contributed by atoms with van der Waals surface area (Å²) in [5, 5.41) is 22.3. The minimum absolute atomic E-state index is 0.119. The molecule has 2 aromatic rings. The van der Waals surface area contributed by atoms with Gasteiger partial charge < -0.3 is 10.1 Å². The lowest BCUT2D eigenvalue weighted by Gasteiger charge is -2.15. The van der Waals surface area contributed by atoms with Gasteiger partial charge in [0.15, 0.2) is 6.10 Å². The molecule has 116 valence electrons. The minimum Gasteiger partial charge on any atom is -0.480 e. The van der Waals surface area contributed by atoms with Crippen molar-refractivity contribution in [2.75, 3.05) is 5.32 Å². The smallest absolute Gasteiger partial charge is 0.271 e. The molecule has 1 amide bonds. The molecular formula is C16H13N3O4. The molecule has 2 rings (SSSR count). The Bertz CT molecular complexity index is 783. The van der Waals surface area contributed by atoms with Crippen molar-refractivity contribution in [3.8, 4) is 11.8 Å². The maximum atomic E-state index is 12.1. The van der Waals surface area contributed by atoms with Crippen LogP contribution in [0.1, 0.15) is 12.5 Å². The maximum Gasteiger partial charge on any atom is 0.271 e. The lowest BCUT2D eigenvalue weighted by Crippen LogP contribution is -2.30. The Balaban J connectivity index is 2.07. The summed E-state index contributed by atoms with van der Waals surface area (Å²) in [5.41, 5.74) is 0.502. The van der Waals surface area contributed by atoms with Gasteiger partial charge in [0.2, 0.25) is 0 Å². The Morgan fingerprint density at radius 2 is 2.04 bits per heavy atom. The van der Waals surface area contributed by atoms with Crippen LogP contribution in [0.25, 0.3) is 0 Å². The molecule has 0 saturated carbocycles. The van der Waals surface area contributed by atoms with Crippen molar-refractivity contribution >= 4 is 17.3 Å². The highest BCUT2D eigenvalue weighted by Crippen LogP contribution is 2.20. The number of para-hydroxylation sites is 1. The third-order valence-corrected chi connectivity index (χ3v) is 3.00. The molecule has 7 nitrogen and oxygen atoms in total. The molecule has 0 fully saturated rings. The lowest BCUT2D eigenvalue weighted by molar-refractivity contribution is -0.384. The molecule has 1 unspecified atom stereocenters. The van der Waals surface area contributed by atoms with Crippen LogP contribution in [0.3, 0.4) is 0 Å². The van der Waals surface area contributed by atoms with Gasteiger partial charge in [-0.15, -0.1) is 0 Å². The molecule has 0 heterocycles. The number of nitriles is 1. The molecule has 0 saturated heterocycles. The molecule has 0 aromatic heterocycles. The van der Waals surface area contributed by atoms with Crippen LogP contribution in [0.5, 0.6) is 5.75 Å². The first-order valence-corrected chi connectivity index (χ1v) is 6.72. The summed E-state index contributed by atoms with van der Waals surface area (Å²) in [6.45, 7) is 1.53. The summed E-state index contributed by atoms with van der Waals surface area (Å²) in [6, 6.07) is 14.2. The number of ether oxygens (including phenoxy) is 1. The number of anilines is 1. The van der Waals surface area contributed by atoms with Gasteiger partial charge in [0.1, 0.15) is 11.8 Å². The lowest BCUT2D eigenvalue weighted by atomic mass is 10.2. The minimum atomic E-state index is -0.872. The Hall–Kier alpha value is -3.40. The van der Waals surface area contributed by atoms with Gasteiger partial charge in [0, 0.05) is 17.8 Å². The fraction of sp³-hybridized carbons (Fsp3) is 0.125. The predicted molar refractivity (Wildman–Crippen MR) is 83.0 cm³/mol. The van der Waals surface area contributed by atoms with Gasteiger partial charge in [0.25, 0.3) is 11.6 Å². The predicted octanol–water partition coefficient (Wildman–Crippen LogP) is 2.87. The van der Waals surface area contributed by atoms with E-state index in [2.05, 4.69) is 5.32 Å². The zero-order chi connectivity index (χ0) is 16.8. The van der Waals surface area contributed by atoms with Crippen molar-refractivity contribution in [2.24, 2.45) is 0 Å². The molecule has 0 bridgehead atoms. The fourth-order valence-corrected chi connectivity index (χ4v) is 1.85. The second-order valence-corrected chi connectivity index (χ2v) is 4.66. The molecule has 1 N–H and O–H groups in total. The standard InChI is InChI=1S/C16H13N3O4/c1-11(23-15-8-3-2-5-12(15)10-17)16(20)18-13-6-4-7-14(9-13)19(21)22/h2-9,11H,1H3,(H,18,20). The monoisotopic (exact) mass is 311 g/mol. The first-order valence-electron chi connectivity index (χ1n) is 6.72. The van der Waals surface area contributed by atoms with Crippen LogP contribution in [-0.2, 0) is 4.79 Å². The summed E-state index contributed by atoms with van der Waals surface area (Å²) < 4.78 is 5.48. The van der Waals surface area contributed by atoms with E-state index in [4.69, 9.17) is 10.00 Å². The Kier molecular flexibility index (Phi) is 4.89. The van der Waals surface area contributed by atoms with Gasteiger partial charge in [-0.2, -0.15) is 5.26 Å². The van der Waals surface area contributed by atoms with Crippen LogP contribution in [0, 0.1) is 21.4 Å². The Labute approximate surface area is 132 Å². The summed E-state index contributed by atoms with van der Waals surface area (Å²) >= 11 is 0. The molecular weight excluding hydrogens is 298 g/mol. The number of nitrogens with zero attached hydrogens (tertiary/aromatic N) is 2. The normalized spacial score (nSPS) is 11.1. The zero-order valence-corrected chi connectivity index (χ0v) is 12.2. The van der Waals surface area contributed by atoms with E-state index in [-0.39, 0.29) is 5.69 Å². The highest BCUT2D eigenvalue weighted by atomic mass is 16.6. The Morgan fingerprint density at radius 1 is 1.30 bits per heavy atom. The van der Waals surface area contributed by atoms with Gasteiger partial charge in [0.05, 0.1) is 10.5 Å². The number of nitrogens with one attached hydrogen (secondary N) is 1. The van der Waals surface area contributed by atoms with E-state index >= 15 is 0 Å². The number of benzene rings is 2. The van der Waals surface area contributed by atoms with Gasteiger partial charge in [-0.1, -0.05) is 18.2 Å². The number of rotatable bonds is 5. The van der Waals surface area contributed by atoms with Gasteiger partial charge in [-0.25, -0.2) is 0 Å². The van der Waals surface area contributed by atoms with E-state index < -0.39 is 16.9 Å². The van der Waals surface area contributed by atoms with Crippen molar-refractivity contribution in [1.29, 1.82) is 5.26 Å². The van der Waals surface area contributed by atoms with Crippen LogP contribution in [0.15, 0.2) is 48.5 Å². The van der Waals surface area contributed by atoms with Gasteiger partial charge >= 0.3 is 0 Å². The largest absolute Gasteiger partial charge is 0.480 e. The SMILES string of the molecule is CC(Oc1ccccc1C#N)C(=O)Nc1cccc([N+](=O)[O-])c1. The van der Waals surface area contributed by atoms with Crippen molar-refractivity contribution in [2.45, 2.75) is 13.0 Å². The van der Waals surface area contributed by atoms with Crippen LogP contribution >= 0.6 is 0 Å². The van der Waals surface area contributed by atoms with E-state index in [1.807, 2.05) is 6.07 Å². The number of hydrogen-bond donors (Lipinski definition) is 1. The first-order chi connectivity index (χ1) is 11.0. The van der Waals surface area contributed by atoms with E-state index in [0.29, 0.717) is 17.0 Å². The molecule has 23 heavy (non-hydrogen) atoms. The average Bonchev–Trinajstić information content (AvgIpc) is 2.55. The van der Waals surface area contributed by atoms with Crippen LogP contribution in [0.2, 0.25) is 0 Å². The summed E-state index contributed by atoms with van der Waals surface area (Å²) in [7, 11) is 0. The van der Waals surface area contributed by atoms with Crippen LogP contribution in [0.4, 0.5) is 11.4 Å². The van der Waals surface area contributed by atoms with E-state index in [1.165, 1.54) is 25.1 Å². The summed E-state index contributed by atoms with van der Waals surface area (Å²) in [6.07, 6.45) is -0.872. The molecule has 7 heteroatoms. The van der Waals surface area contributed by atoms with E-state index in [9.17, 15) is 14.9 Å². The molecule has 0 aliphatic rings. The first kappa shape index (κ1) is 16.0. The van der Waals surface area contributed by atoms with Crippen LogP contribution in [-0.4, -0.2) is 16.9 Å². The maximum absolute atomic E-state index is 12.1. The highest BCUT2D eigenvalue weighted by Gasteiger charge is 2.17. The van der Waals surface area contributed by atoms with Crippen molar-refractivity contribution < 1.29 is 14.5 Å². The van der Waals surface area contributed by atoms with Crippen LogP contribution < -0.4 is 10.1 Å². The van der Waals surface area contributed by atoms with E-state index in [1.54, 1.807) is 30.3 Å². The number of non-ortho nitro benzene ring substituents is 1. The number of nitro groups is 1. The molecule has 0 spiro atoms. The van der Waals surface area contributed by atoms with E-state index in [0.717, 1.165) is 0 Å². The highest BCUT2D eigenvalue weighted by molar-refractivity contribution is 5.94. The fourth-order valence-electron chi connectivity index (χ4n) is 1.85. The third kappa shape index (κ3) is 4.04. The second kappa shape index (κ2) is 7.04. The second-order valence-electron chi connectivity index (χ2n) is 4.66. The molecule has 0 aliphatic carbocycles. The summed E-state index contributed by atoms with van der Waals surface area (Å²) in [5.74, 6) is -0.171. The molecule has 1 atom stereocenters. The molecule has 2 aromatic carbocycles. The number of hydrogen-bond acceptors (Lipinski definition) is 5. The number of amides is 1. The number of carbonyl (C=O) groups excluding carboxylic acids is 1. The number of nitro benzene ring substituents is 1. The van der Waals surface area contributed by atoms with Gasteiger partial charge in [-0.3, -0.25) is 14.9 Å². The third-order valence-electron chi connectivity index (χ3n) is 3.00. The number of carbonyl (C=O) groups is 1. The molecule has 0 aliphatic heterocycles. The summed E-state index contributed by atoms with van der Waals surface area (Å²) in [4.78, 5) is 22.3. The average molecular weight is 311 g/mol. The quantitative estimate of drug-likeness (QED) is 0.675. The molecule has 0 radical (unpaired) electrons. The topological polar surface area (TPSA) is 105 Å². The van der Waals surface area contributed by atoms with Crippen molar-refractivity contribution in [1.82, 2.24) is 0 Å². The van der Waals surface area contributed by atoms with Crippen molar-refractivity contribution in [3.05, 3.63) is 64.2 Å². The van der Waals surface area contributed by atoms with Gasteiger partial charge in [-0.05, 0) is 25.1 Å². The van der Waals surface area contributed by atoms with Crippen molar-refractivity contribution in [3.63, 3.8) is 0 Å².